The molecule has 2 aliphatic heterocycles. The van der Waals surface area contributed by atoms with Crippen LogP contribution in [0.1, 0.15) is 37.8 Å². The average Bonchev–Trinajstić information content (AvgIpc) is 3.19. The topological polar surface area (TPSA) is 54.3 Å². The number of nitrogens with zero attached hydrogens (tertiary/aromatic N) is 2. The molecule has 0 saturated heterocycles. The maximum Gasteiger partial charge on any atom is 0.259 e. The van der Waals surface area contributed by atoms with Gasteiger partial charge >= 0.3 is 0 Å². The molecule has 5 rings (SSSR count). The van der Waals surface area contributed by atoms with Gasteiger partial charge in [0.2, 0.25) is 5.91 Å². The molecule has 1 N–H and O–H groups in total. The van der Waals surface area contributed by atoms with E-state index in [9.17, 15) is 18.4 Å². The molecule has 0 aliphatic carbocycles. The van der Waals surface area contributed by atoms with Crippen LogP contribution >= 0.6 is 0 Å². The van der Waals surface area contributed by atoms with Crippen molar-refractivity contribution in [2.75, 3.05) is 11.9 Å². The Bertz CT molecular complexity index is 1320. The normalized spacial score (nSPS) is 17.8. The third kappa shape index (κ3) is 3.03. The van der Waals surface area contributed by atoms with Crippen LogP contribution in [-0.4, -0.2) is 27.8 Å². The van der Waals surface area contributed by atoms with Gasteiger partial charge < -0.3 is 9.88 Å². The van der Waals surface area contributed by atoms with E-state index >= 15 is 0 Å². The van der Waals surface area contributed by atoms with Gasteiger partial charge in [-0.3, -0.25) is 14.5 Å². The fraction of sp³-hybridized carbons (Fsp3) is 0.280. The molecule has 164 valence electrons. The summed E-state index contributed by atoms with van der Waals surface area (Å²) in [4.78, 5) is 26.7. The van der Waals surface area contributed by atoms with Gasteiger partial charge in [-0.25, -0.2) is 8.78 Å². The molecule has 0 fully saturated rings. The lowest BCUT2D eigenvalue weighted by Crippen LogP contribution is -2.33. The van der Waals surface area contributed by atoms with E-state index in [4.69, 9.17) is 0 Å². The van der Waals surface area contributed by atoms with Crippen LogP contribution in [0.15, 0.2) is 53.9 Å². The van der Waals surface area contributed by atoms with Crippen LogP contribution in [-0.2, 0) is 16.1 Å². The van der Waals surface area contributed by atoms with E-state index in [1.165, 1.54) is 17.9 Å². The smallest absolute Gasteiger partial charge is 0.259 e. The van der Waals surface area contributed by atoms with Crippen LogP contribution in [0, 0.1) is 17.6 Å². The predicted octanol–water partition coefficient (Wildman–Crippen LogP) is 4.78. The van der Waals surface area contributed by atoms with Gasteiger partial charge in [0.25, 0.3) is 5.91 Å². The summed E-state index contributed by atoms with van der Waals surface area (Å²) in [6, 6.07) is 9.65. The molecule has 2 amide bonds. The van der Waals surface area contributed by atoms with Crippen LogP contribution in [0.4, 0.5) is 14.5 Å². The lowest BCUT2D eigenvalue weighted by molar-refractivity contribution is -0.139. The Kier molecular flexibility index (Phi) is 4.65. The molecule has 1 aromatic heterocycles. The quantitative estimate of drug-likeness (QED) is 0.645. The summed E-state index contributed by atoms with van der Waals surface area (Å²) in [5, 5.41) is 4.32. The predicted molar refractivity (Wildman–Crippen MR) is 118 cm³/mol. The van der Waals surface area contributed by atoms with Crippen LogP contribution in [0.5, 0.6) is 0 Å². The van der Waals surface area contributed by atoms with Gasteiger partial charge in [0.1, 0.15) is 0 Å². The molecule has 3 heterocycles. The Labute approximate surface area is 184 Å². The van der Waals surface area contributed by atoms with E-state index in [1.54, 1.807) is 0 Å². The molecule has 0 radical (unpaired) electrons. The molecule has 2 aromatic carbocycles. The van der Waals surface area contributed by atoms with Gasteiger partial charge in [0.15, 0.2) is 11.6 Å². The lowest BCUT2D eigenvalue weighted by atomic mass is 9.84. The van der Waals surface area contributed by atoms with Crippen LogP contribution in [0.25, 0.3) is 10.9 Å². The summed E-state index contributed by atoms with van der Waals surface area (Å²) < 4.78 is 30.2. The summed E-state index contributed by atoms with van der Waals surface area (Å²) in [5.74, 6) is -2.93. The van der Waals surface area contributed by atoms with Crippen molar-refractivity contribution >= 4 is 28.4 Å². The van der Waals surface area contributed by atoms with Crippen molar-refractivity contribution in [1.29, 1.82) is 0 Å². The molecule has 1 atom stereocenters. The monoisotopic (exact) mass is 435 g/mol. The SMILES string of the molecule is CC(=O)N1CC2=C(C1=O)[C@H](c1ccc(F)c(F)c1)c1cn(CC(C)C)c3cccc(c13)N2. The number of carbonyl (C=O) groups excluding carboxylic acids is 2. The second kappa shape index (κ2) is 7.29. The van der Waals surface area contributed by atoms with Crippen molar-refractivity contribution in [3.8, 4) is 0 Å². The van der Waals surface area contributed by atoms with Gasteiger partial charge in [-0.2, -0.15) is 0 Å². The number of imide groups is 1. The van der Waals surface area contributed by atoms with E-state index in [0.717, 1.165) is 40.8 Å². The first kappa shape index (κ1) is 20.4. The highest BCUT2D eigenvalue weighted by atomic mass is 19.2. The van der Waals surface area contributed by atoms with Gasteiger partial charge in [0.05, 0.1) is 17.6 Å². The largest absolute Gasteiger partial charge is 0.356 e. The number of nitrogens with one attached hydrogen (secondary N) is 1. The fourth-order valence-corrected chi connectivity index (χ4v) is 4.86. The summed E-state index contributed by atoms with van der Waals surface area (Å²) >= 11 is 0. The molecule has 5 nitrogen and oxygen atoms in total. The second-order valence-corrected chi connectivity index (χ2v) is 8.86. The van der Waals surface area contributed by atoms with Crippen molar-refractivity contribution < 1.29 is 18.4 Å². The van der Waals surface area contributed by atoms with Crippen LogP contribution < -0.4 is 5.32 Å². The molecular weight excluding hydrogens is 412 g/mol. The Balaban J connectivity index is 1.80. The summed E-state index contributed by atoms with van der Waals surface area (Å²) in [6.45, 7) is 6.48. The van der Waals surface area contributed by atoms with Crippen LogP contribution in [0.3, 0.4) is 0 Å². The fourth-order valence-electron chi connectivity index (χ4n) is 4.86. The molecule has 32 heavy (non-hydrogen) atoms. The lowest BCUT2D eigenvalue weighted by Gasteiger charge is -2.19. The van der Waals surface area contributed by atoms with E-state index in [0.29, 0.717) is 22.8 Å². The minimum Gasteiger partial charge on any atom is -0.356 e. The molecule has 0 spiro atoms. The number of aromatic nitrogens is 1. The molecular formula is C25H23F2N3O2. The average molecular weight is 435 g/mol. The third-order valence-electron chi connectivity index (χ3n) is 6.16. The number of hydrogen-bond donors (Lipinski definition) is 1. The van der Waals surface area contributed by atoms with Gasteiger partial charge in [0, 0.05) is 42.4 Å². The van der Waals surface area contributed by atoms with Crippen molar-refractivity contribution in [3.05, 3.63) is 76.6 Å². The minimum absolute atomic E-state index is 0.121. The number of hydrogen-bond acceptors (Lipinski definition) is 3. The first-order valence-corrected chi connectivity index (χ1v) is 10.7. The first-order valence-electron chi connectivity index (χ1n) is 10.7. The van der Waals surface area contributed by atoms with Crippen molar-refractivity contribution in [2.24, 2.45) is 5.92 Å². The van der Waals surface area contributed by atoms with Crippen molar-refractivity contribution in [3.63, 3.8) is 0 Å². The maximum absolute atomic E-state index is 14.3. The zero-order valence-electron chi connectivity index (χ0n) is 18.1. The second-order valence-electron chi connectivity index (χ2n) is 8.86. The van der Waals surface area contributed by atoms with E-state index in [2.05, 4.69) is 23.7 Å². The molecule has 0 saturated carbocycles. The third-order valence-corrected chi connectivity index (χ3v) is 6.16. The Hall–Kier alpha value is -3.48. The highest BCUT2D eigenvalue weighted by Crippen LogP contribution is 2.46. The van der Waals surface area contributed by atoms with Crippen molar-refractivity contribution in [1.82, 2.24) is 9.47 Å². The van der Waals surface area contributed by atoms with Gasteiger partial charge in [-0.1, -0.05) is 26.0 Å². The number of anilines is 1. The molecule has 0 unspecified atom stereocenters. The highest BCUT2D eigenvalue weighted by molar-refractivity contribution is 6.11. The Morgan fingerprint density at radius 2 is 1.97 bits per heavy atom. The van der Waals surface area contributed by atoms with E-state index in [1.807, 2.05) is 24.4 Å². The van der Waals surface area contributed by atoms with E-state index in [-0.39, 0.29) is 12.5 Å². The summed E-state index contributed by atoms with van der Waals surface area (Å²) in [7, 11) is 0. The van der Waals surface area contributed by atoms with Gasteiger partial charge in [-0.15, -0.1) is 0 Å². The first-order chi connectivity index (χ1) is 15.3. The molecule has 2 aliphatic rings. The number of halogens is 2. The molecule has 7 heteroatoms. The minimum atomic E-state index is -0.970. The number of benzene rings is 2. The van der Waals surface area contributed by atoms with Crippen LogP contribution in [0.2, 0.25) is 0 Å². The number of amides is 2. The molecule has 3 aromatic rings. The Morgan fingerprint density at radius 3 is 2.66 bits per heavy atom. The maximum atomic E-state index is 14.3. The highest BCUT2D eigenvalue weighted by Gasteiger charge is 2.41. The zero-order valence-corrected chi connectivity index (χ0v) is 18.1. The molecule has 0 bridgehead atoms. The number of carbonyl (C=O) groups is 2. The Morgan fingerprint density at radius 1 is 1.19 bits per heavy atom. The summed E-state index contributed by atoms with van der Waals surface area (Å²) in [6.07, 6.45) is 2.00. The van der Waals surface area contributed by atoms with E-state index < -0.39 is 23.5 Å². The standard InChI is InChI=1S/C25H23F2N3O2/c1-13(2)10-29-11-16-22(15-7-8-17(26)18(27)9-15)24-20(12-30(14(3)31)25(24)32)28-19-5-4-6-21(29)23(16)19/h4-9,11,13,22,28H,10,12H2,1-3H3/t22-/m1/s1. The van der Waals surface area contributed by atoms with Crippen molar-refractivity contribution in [2.45, 2.75) is 33.2 Å². The summed E-state index contributed by atoms with van der Waals surface area (Å²) in [5.41, 5.74) is 4.14. The number of rotatable bonds is 3. The zero-order chi connectivity index (χ0) is 22.7. The van der Waals surface area contributed by atoms with Gasteiger partial charge in [-0.05, 0) is 41.3 Å².